The molecule has 0 bridgehead atoms. The summed E-state index contributed by atoms with van der Waals surface area (Å²) in [5, 5.41) is 10.1. The molecular weight excluding hydrogens is 629 g/mol. The molecule has 0 aliphatic carbocycles. The van der Waals surface area contributed by atoms with Crippen molar-refractivity contribution in [3.05, 3.63) is 194 Å². The quantitative estimate of drug-likeness (QED) is 0.166. The first kappa shape index (κ1) is 28.9. The maximum absolute atomic E-state index is 2.42. The lowest BCUT2D eigenvalue weighted by Crippen LogP contribution is -1.94. The van der Waals surface area contributed by atoms with Crippen molar-refractivity contribution in [2.45, 2.75) is 0 Å². The van der Waals surface area contributed by atoms with Crippen molar-refractivity contribution in [1.29, 1.82) is 0 Å². The lowest BCUT2D eigenvalue weighted by molar-refractivity contribution is 1.18. The predicted octanol–water partition coefficient (Wildman–Crippen LogP) is 13.5. The van der Waals surface area contributed by atoms with Gasteiger partial charge in [0.1, 0.15) is 0 Å². The highest BCUT2D eigenvalue weighted by molar-refractivity contribution is 6.13. The van der Waals surface area contributed by atoms with E-state index in [2.05, 4.69) is 203 Å². The van der Waals surface area contributed by atoms with Gasteiger partial charge in [-0.1, -0.05) is 133 Å². The summed E-state index contributed by atoms with van der Waals surface area (Å²) in [5.41, 5.74) is 12.0. The normalized spacial score (nSPS) is 11.8. The topological polar surface area (TPSA) is 9.86 Å². The summed E-state index contributed by atoms with van der Waals surface area (Å²) in [4.78, 5) is 0. The van der Waals surface area contributed by atoms with E-state index < -0.39 is 0 Å². The molecule has 0 amide bonds. The zero-order valence-electron chi connectivity index (χ0n) is 28.4. The Hall–Kier alpha value is -6.90. The van der Waals surface area contributed by atoms with Crippen LogP contribution in [0, 0.1) is 0 Å². The molecule has 2 heterocycles. The highest BCUT2D eigenvalue weighted by atomic mass is 15.0. The van der Waals surface area contributed by atoms with Crippen LogP contribution in [0.5, 0.6) is 0 Å². The number of nitrogens with zero attached hydrogens (tertiary/aromatic N) is 2. The van der Waals surface area contributed by atoms with E-state index >= 15 is 0 Å². The Balaban J connectivity index is 1.06. The minimum Gasteiger partial charge on any atom is -0.309 e. The van der Waals surface area contributed by atoms with Crippen LogP contribution < -0.4 is 0 Å². The van der Waals surface area contributed by atoms with Crippen molar-refractivity contribution in [2.24, 2.45) is 0 Å². The number of benzene rings is 9. The van der Waals surface area contributed by atoms with E-state index in [9.17, 15) is 0 Å². The fraction of sp³-hybridized carbons (Fsp3) is 0. The molecule has 52 heavy (non-hydrogen) atoms. The average molecular weight is 661 g/mol. The molecule has 0 atom stereocenters. The number of hydrogen-bond acceptors (Lipinski definition) is 0. The Kier molecular flexibility index (Phi) is 6.28. The summed E-state index contributed by atoms with van der Waals surface area (Å²) in [6, 6.07) is 71.0. The van der Waals surface area contributed by atoms with Crippen molar-refractivity contribution < 1.29 is 0 Å². The van der Waals surface area contributed by atoms with Crippen LogP contribution in [0.3, 0.4) is 0 Å². The molecular formula is C50H32N2. The van der Waals surface area contributed by atoms with Crippen LogP contribution in [0.15, 0.2) is 194 Å². The van der Waals surface area contributed by atoms with E-state index in [1.54, 1.807) is 0 Å². The lowest BCUT2D eigenvalue weighted by atomic mass is 10.0. The molecule has 2 heteroatoms. The molecule has 9 aromatic carbocycles. The van der Waals surface area contributed by atoms with Gasteiger partial charge >= 0.3 is 0 Å². The van der Waals surface area contributed by atoms with Crippen LogP contribution in [0.1, 0.15) is 0 Å². The number of fused-ring (bicyclic) bond motifs is 9. The van der Waals surface area contributed by atoms with Crippen molar-refractivity contribution in [3.8, 4) is 33.6 Å². The maximum atomic E-state index is 2.42. The molecule has 11 rings (SSSR count). The standard InChI is InChI=1S/C50H32N2/c1-2-11-33(12-3-1)35-14-10-15-39(29-35)51-47-19-8-6-17-43(47)45-31-36(23-27-49(45)51)37-24-28-50-46(32-37)44-18-7-9-20-48(44)52(50)40-25-26-42-38(30-40)22-21-34-13-4-5-16-41(34)42/h1-32H. The third kappa shape index (κ3) is 4.38. The van der Waals surface area contributed by atoms with Gasteiger partial charge in [0.2, 0.25) is 0 Å². The van der Waals surface area contributed by atoms with Crippen LogP contribution in [0.4, 0.5) is 0 Å². The van der Waals surface area contributed by atoms with Crippen LogP contribution in [-0.4, -0.2) is 9.13 Å². The van der Waals surface area contributed by atoms with Crippen LogP contribution in [0.2, 0.25) is 0 Å². The van der Waals surface area contributed by atoms with E-state index in [4.69, 9.17) is 0 Å². The summed E-state index contributed by atoms with van der Waals surface area (Å²) in [7, 11) is 0. The van der Waals surface area contributed by atoms with E-state index in [1.165, 1.54) is 93.1 Å². The van der Waals surface area contributed by atoms with E-state index in [1.807, 2.05) is 0 Å². The molecule has 0 saturated heterocycles. The van der Waals surface area contributed by atoms with Crippen molar-refractivity contribution in [1.82, 2.24) is 9.13 Å². The Morgan fingerprint density at radius 1 is 0.231 bits per heavy atom. The van der Waals surface area contributed by atoms with Gasteiger partial charge in [0.15, 0.2) is 0 Å². The first-order valence-electron chi connectivity index (χ1n) is 17.9. The SMILES string of the molecule is c1ccc(-c2cccc(-n3c4ccccc4c4cc(-c5ccc6c(c5)c5ccccc5n6-c5ccc6c(ccc7ccccc76)c5)ccc43)c2)cc1. The average Bonchev–Trinajstić information content (AvgIpc) is 3.73. The third-order valence-corrected chi connectivity index (χ3v) is 10.9. The van der Waals surface area contributed by atoms with Gasteiger partial charge in [-0.05, 0) is 104 Å². The molecule has 2 aromatic heterocycles. The summed E-state index contributed by atoms with van der Waals surface area (Å²) in [6.45, 7) is 0. The maximum Gasteiger partial charge on any atom is 0.0541 e. The smallest absolute Gasteiger partial charge is 0.0541 e. The van der Waals surface area contributed by atoms with Gasteiger partial charge in [-0.3, -0.25) is 0 Å². The second-order valence-electron chi connectivity index (χ2n) is 13.8. The van der Waals surface area contributed by atoms with Crippen LogP contribution in [-0.2, 0) is 0 Å². The molecule has 0 spiro atoms. The van der Waals surface area contributed by atoms with Crippen LogP contribution >= 0.6 is 0 Å². The van der Waals surface area contributed by atoms with E-state index in [0.29, 0.717) is 0 Å². The Bertz CT molecular complexity index is 3180. The zero-order chi connectivity index (χ0) is 34.2. The first-order chi connectivity index (χ1) is 25.8. The van der Waals surface area contributed by atoms with Gasteiger partial charge in [-0.2, -0.15) is 0 Å². The molecule has 0 radical (unpaired) electrons. The second kappa shape index (κ2) is 11.3. The minimum atomic E-state index is 1.16. The fourth-order valence-corrected chi connectivity index (χ4v) is 8.46. The predicted molar refractivity (Wildman–Crippen MR) is 221 cm³/mol. The monoisotopic (exact) mass is 660 g/mol. The Morgan fingerprint density at radius 2 is 0.731 bits per heavy atom. The molecule has 2 nitrogen and oxygen atoms in total. The van der Waals surface area contributed by atoms with Gasteiger partial charge in [0.25, 0.3) is 0 Å². The summed E-state index contributed by atoms with van der Waals surface area (Å²) < 4.78 is 4.83. The van der Waals surface area contributed by atoms with Crippen molar-refractivity contribution >= 4 is 65.2 Å². The molecule has 0 aliphatic rings. The van der Waals surface area contributed by atoms with Gasteiger partial charge < -0.3 is 9.13 Å². The molecule has 0 fully saturated rings. The number of hydrogen-bond donors (Lipinski definition) is 0. The molecule has 0 unspecified atom stereocenters. The van der Waals surface area contributed by atoms with Crippen molar-refractivity contribution in [2.75, 3.05) is 0 Å². The molecule has 0 N–H and O–H groups in total. The molecule has 11 aromatic rings. The molecule has 0 saturated carbocycles. The van der Waals surface area contributed by atoms with Gasteiger partial charge in [-0.15, -0.1) is 0 Å². The number of rotatable bonds is 4. The van der Waals surface area contributed by atoms with Gasteiger partial charge in [0, 0.05) is 32.9 Å². The highest BCUT2D eigenvalue weighted by Crippen LogP contribution is 2.39. The van der Waals surface area contributed by atoms with Crippen molar-refractivity contribution in [3.63, 3.8) is 0 Å². The van der Waals surface area contributed by atoms with Crippen LogP contribution in [0.25, 0.3) is 98.8 Å². The van der Waals surface area contributed by atoms with Gasteiger partial charge in [-0.25, -0.2) is 0 Å². The lowest BCUT2D eigenvalue weighted by Gasteiger charge is -2.11. The number of para-hydroxylation sites is 2. The summed E-state index contributed by atoms with van der Waals surface area (Å²) in [5.74, 6) is 0. The second-order valence-corrected chi connectivity index (χ2v) is 13.8. The van der Waals surface area contributed by atoms with E-state index in [-0.39, 0.29) is 0 Å². The van der Waals surface area contributed by atoms with E-state index in [0.717, 1.165) is 5.69 Å². The zero-order valence-corrected chi connectivity index (χ0v) is 28.4. The Morgan fingerprint density at radius 3 is 1.42 bits per heavy atom. The molecule has 242 valence electrons. The first-order valence-corrected chi connectivity index (χ1v) is 17.9. The van der Waals surface area contributed by atoms with Gasteiger partial charge in [0.05, 0.1) is 22.1 Å². The fourth-order valence-electron chi connectivity index (χ4n) is 8.46. The molecule has 0 aliphatic heterocycles. The number of aromatic nitrogens is 2. The highest BCUT2D eigenvalue weighted by Gasteiger charge is 2.17. The largest absolute Gasteiger partial charge is 0.309 e. The summed E-state index contributed by atoms with van der Waals surface area (Å²) >= 11 is 0. The summed E-state index contributed by atoms with van der Waals surface area (Å²) in [6.07, 6.45) is 0. The Labute approximate surface area is 301 Å². The third-order valence-electron chi connectivity index (χ3n) is 10.9. The minimum absolute atomic E-state index is 1.16.